The summed E-state index contributed by atoms with van der Waals surface area (Å²) in [5.74, 6) is 0. The highest BCUT2D eigenvalue weighted by Gasteiger charge is 1.92. The zero-order valence-corrected chi connectivity index (χ0v) is 14.6. The zero-order chi connectivity index (χ0) is 15.4. The van der Waals surface area contributed by atoms with Gasteiger partial charge in [0.15, 0.2) is 0 Å². The Hall–Kier alpha value is -0.260. The molecule has 0 aliphatic rings. The van der Waals surface area contributed by atoms with Gasteiger partial charge in [-0.25, -0.2) is 0 Å². The van der Waals surface area contributed by atoms with E-state index in [2.05, 4.69) is 26.0 Å². The van der Waals surface area contributed by atoms with Gasteiger partial charge in [-0.2, -0.15) is 0 Å². The third-order valence-corrected chi connectivity index (χ3v) is 4.16. The van der Waals surface area contributed by atoms with Crippen molar-refractivity contribution in [1.82, 2.24) is 0 Å². The first kappa shape index (κ1) is 20.7. The number of hydrogen-bond donors (Lipinski definition) is 0. The van der Waals surface area contributed by atoms with Crippen molar-refractivity contribution in [2.24, 2.45) is 0 Å². The second-order valence-corrected chi connectivity index (χ2v) is 6.35. The summed E-state index contributed by atoms with van der Waals surface area (Å²) in [7, 11) is 0. The van der Waals surface area contributed by atoms with Crippen molar-refractivity contribution >= 4 is 0 Å². The molecule has 0 atom stereocenters. The van der Waals surface area contributed by atoms with Crippen LogP contribution >= 0.6 is 0 Å². The van der Waals surface area contributed by atoms with Crippen molar-refractivity contribution in [3.63, 3.8) is 0 Å². The molecule has 0 aromatic rings. The molecule has 21 heavy (non-hydrogen) atoms. The Morgan fingerprint density at radius 2 is 0.667 bits per heavy atom. The quantitative estimate of drug-likeness (QED) is 0.189. The smallest absolute Gasteiger partial charge is 0.0351 e. The van der Waals surface area contributed by atoms with Crippen LogP contribution in [-0.2, 0) is 0 Å². The molecular formula is C21H40. The van der Waals surface area contributed by atoms with Gasteiger partial charge < -0.3 is 0 Å². The van der Waals surface area contributed by atoms with E-state index in [0.29, 0.717) is 0 Å². The summed E-state index contributed by atoms with van der Waals surface area (Å²) >= 11 is 0. The molecule has 2 radical (unpaired) electrons. The van der Waals surface area contributed by atoms with Gasteiger partial charge in [0.25, 0.3) is 0 Å². The first-order valence-electron chi connectivity index (χ1n) is 9.65. The summed E-state index contributed by atoms with van der Waals surface area (Å²) in [6.07, 6.45) is 27.7. The lowest BCUT2D eigenvalue weighted by Gasteiger charge is -2.02. The van der Waals surface area contributed by atoms with Crippen LogP contribution in [0.1, 0.15) is 109 Å². The summed E-state index contributed by atoms with van der Waals surface area (Å²) in [4.78, 5) is 0. The minimum absolute atomic E-state index is 1.09. The van der Waals surface area contributed by atoms with Gasteiger partial charge in [-0.05, 0) is 25.7 Å². The number of rotatable bonds is 17. The Morgan fingerprint density at radius 3 is 1.10 bits per heavy atom. The first-order valence-corrected chi connectivity index (χ1v) is 9.65. The van der Waals surface area contributed by atoms with Gasteiger partial charge in [0, 0.05) is 0 Å². The highest BCUT2D eigenvalue weighted by Crippen LogP contribution is 2.12. The van der Waals surface area contributed by atoms with E-state index in [0.717, 1.165) is 12.8 Å². The molecule has 0 heterocycles. The molecule has 0 rings (SSSR count). The summed E-state index contributed by atoms with van der Waals surface area (Å²) in [6, 6.07) is 0. The molecule has 0 amide bonds. The first-order chi connectivity index (χ1) is 10.4. The molecule has 0 saturated heterocycles. The fourth-order valence-electron chi connectivity index (χ4n) is 2.70. The molecule has 0 heteroatoms. The maximum Gasteiger partial charge on any atom is -0.0351 e. The second-order valence-electron chi connectivity index (χ2n) is 6.35. The Bertz CT molecular complexity index is 192. The normalized spacial score (nSPS) is 11.5. The van der Waals surface area contributed by atoms with E-state index in [1.54, 1.807) is 0 Å². The molecule has 0 aromatic heterocycles. The SMILES string of the molecule is [CH2]CCCCC=CCCCCCCCCCCCCC[CH2]. The van der Waals surface area contributed by atoms with Crippen molar-refractivity contribution in [3.8, 4) is 0 Å². The Morgan fingerprint density at radius 1 is 0.381 bits per heavy atom. The molecule has 0 unspecified atom stereocenters. The zero-order valence-electron chi connectivity index (χ0n) is 14.6. The maximum atomic E-state index is 3.89. The molecule has 0 nitrogen and oxygen atoms in total. The fourth-order valence-corrected chi connectivity index (χ4v) is 2.70. The lowest BCUT2D eigenvalue weighted by Crippen LogP contribution is -1.82. The van der Waals surface area contributed by atoms with Crippen molar-refractivity contribution in [1.29, 1.82) is 0 Å². The Labute approximate surface area is 135 Å². The highest BCUT2D eigenvalue weighted by molar-refractivity contribution is 4.81. The van der Waals surface area contributed by atoms with Gasteiger partial charge in [-0.15, -0.1) is 0 Å². The summed E-state index contributed by atoms with van der Waals surface area (Å²) < 4.78 is 0. The maximum absolute atomic E-state index is 3.89. The van der Waals surface area contributed by atoms with E-state index in [1.807, 2.05) is 0 Å². The van der Waals surface area contributed by atoms with Crippen molar-refractivity contribution in [3.05, 3.63) is 26.0 Å². The molecule has 0 saturated carbocycles. The molecule has 124 valence electrons. The molecule has 0 spiro atoms. The summed E-state index contributed by atoms with van der Waals surface area (Å²) in [5, 5.41) is 0. The van der Waals surface area contributed by atoms with Crippen LogP contribution in [0.3, 0.4) is 0 Å². The largest absolute Gasteiger partial charge is 0.0885 e. The van der Waals surface area contributed by atoms with Gasteiger partial charge in [-0.3, -0.25) is 0 Å². The lowest BCUT2D eigenvalue weighted by molar-refractivity contribution is 0.547. The van der Waals surface area contributed by atoms with Crippen LogP contribution in [0.4, 0.5) is 0 Å². The van der Waals surface area contributed by atoms with E-state index in [9.17, 15) is 0 Å². The standard InChI is InChI=1S/C21H40/c1-3-5-7-9-11-13-15-17-19-21-20-18-16-14-12-10-8-6-4-2/h11,13H,1-10,12,14-21H2. The third-order valence-electron chi connectivity index (χ3n) is 4.16. The van der Waals surface area contributed by atoms with E-state index in [-0.39, 0.29) is 0 Å². The molecule has 0 aliphatic carbocycles. The van der Waals surface area contributed by atoms with Crippen molar-refractivity contribution in [2.75, 3.05) is 0 Å². The molecule has 0 N–H and O–H groups in total. The van der Waals surface area contributed by atoms with Crippen LogP contribution in [-0.4, -0.2) is 0 Å². The average molecular weight is 293 g/mol. The second kappa shape index (κ2) is 19.7. The van der Waals surface area contributed by atoms with Gasteiger partial charge in [0.2, 0.25) is 0 Å². The molecular weight excluding hydrogens is 252 g/mol. The predicted molar refractivity (Wildman–Crippen MR) is 98.3 cm³/mol. The molecule has 0 fully saturated rings. The van der Waals surface area contributed by atoms with Gasteiger partial charge in [-0.1, -0.05) is 109 Å². The number of allylic oxidation sites excluding steroid dienone is 2. The van der Waals surface area contributed by atoms with E-state index in [4.69, 9.17) is 0 Å². The van der Waals surface area contributed by atoms with E-state index >= 15 is 0 Å². The monoisotopic (exact) mass is 292 g/mol. The van der Waals surface area contributed by atoms with Crippen LogP contribution in [0.2, 0.25) is 0 Å². The number of unbranched alkanes of at least 4 members (excludes halogenated alkanes) is 15. The average Bonchev–Trinajstić information content (AvgIpc) is 2.50. The topological polar surface area (TPSA) is 0 Å². The fraction of sp³-hybridized carbons (Fsp3) is 0.810. The molecule has 0 aliphatic heterocycles. The summed E-state index contributed by atoms with van der Waals surface area (Å²) in [5.41, 5.74) is 0. The van der Waals surface area contributed by atoms with Crippen LogP contribution in [0.5, 0.6) is 0 Å². The summed E-state index contributed by atoms with van der Waals surface area (Å²) in [6.45, 7) is 7.76. The van der Waals surface area contributed by atoms with E-state index < -0.39 is 0 Å². The lowest BCUT2D eigenvalue weighted by atomic mass is 10.0. The van der Waals surface area contributed by atoms with Crippen LogP contribution in [0, 0.1) is 13.8 Å². The van der Waals surface area contributed by atoms with Crippen molar-refractivity contribution in [2.45, 2.75) is 109 Å². The van der Waals surface area contributed by atoms with Crippen LogP contribution in [0.15, 0.2) is 12.2 Å². The van der Waals surface area contributed by atoms with Gasteiger partial charge in [0.05, 0.1) is 0 Å². The van der Waals surface area contributed by atoms with E-state index in [1.165, 1.54) is 96.3 Å². The minimum atomic E-state index is 1.09. The van der Waals surface area contributed by atoms with Crippen molar-refractivity contribution < 1.29 is 0 Å². The van der Waals surface area contributed by atoms with Crippen LogP contribution in [0.25, 0.3) is 0 Å². The Balaban J connectivity index is 2.99. The van der Waals surface area contributed by atoms with Crippen LogP contribution < -0.4 is 0 Å². The highest BCUT2D eigenvalue weighted by atomic mass is 14.0. The third kappa shape index (κ3) is 19.7. The Kier molecular flexibility index (Phi) is 19.5. The molecule has 0 bridgehead atoms. The number of hydrogen-bond acceptors (Lipinski definition) is 0. The van der Waals surface area contributed by atoms with Gasteiger partial charge in [0.1, 0.15) is 0 Å². The predicted octanol–water partition coefficient (Wildman–Crippen LogP) is 7.84. The minimum Gasteiger partial charge on any atom is -0.0885 e. The van der Waals surface area contributed by atoms with Gasteiger partial charge >= 0.3 is 0 Å². The molecule has 0 aromatic carbocycles.